The molecule has 1 fully saturated rings. The quantitative estimate of drug-likeness (QED) is 0.384. The number of carbonyl (C=O) groups excluding carboxylic acids is 4. The summed E-state index contributed by atoms with van der Waals surface area (Å²) in [5, 5.41) is 0. The molecule has 192 valence electrons. The van der Waals surface area contributed by atoms with Gasteiger partial charge in [0.2, 0.25) is 17.8 Å². The Morgan fingerprint density at radius 3 is 1.97 bits per heavy atom. The fourth-order valence-corrected chi connectivity index (χ4v) is 3.46. The van der Waals surface area contributed by atoms with Crippen molar-refractivity contribution in [1.29, 1.82) is 0 Å². The van der Waals surface area contributed by atoms with Crippen molar-refractivity contribution < 1.29 is 47.6 Å². The zero-order chi connectivity index (χ0) is 26.3. The van der Waals surface area contributed by atoms with Crippen LogP contribution < -0.4 is 10.2 Å². The van der Waals surface area contributed by atoms with E-state index in [0.717, 1.165) is 26.3 Å². The molecule has 35 heavy (non-hydrogen) atoms. The third kappa shape index (κ3) is 8.06. The third-order valence-corrected chi connectivity index (χ3v) is 4.93. The lowest BCUT2D eigenvalue weighted by Gasteiger charge is -2.43. The maximum atomic E-state index is 12.8. The minimum Gasteiger partial charge on any atom is -0.463 e. The van der Waals surface area contributed by atoms with Gasteiger partial charge in [0.05, 0.1) is 0 Å². The van der Waals surface area contributed by atoms with E-state index in [1.165, 1.54) is 19.1 Å². The molecule has 0 aliphatic carbocycles. The normalized spacial score (nSPS) is 23.7. The van der Waals surface area contributed by atoms with E-state index in [1.54, 1.807) is 12.1 Å². The average Bonchev–Trinajstić information content (AvgIpc) is 2.91. The van der Waals surface area contributed by atoms with Crippen LogP contribution in [0.1, 0.15) is 53.0 Å². The van der Waals surface area contributed by atoms with Gasteiger partial charge < -0.3 is 28.4 Å². The molecule has 11 heteroatoms. The molecule has 1 aliphatic rings. The van der Waals surface area contributed by atoms with Crippen LogP contribution in [0.2, 0.25) is 0 Å². The van der Waals surface area contributed by atoms with Crippen LogP contribution in [0.3, 0.4) is 0 Å². The van der Waals surface area contributed by atoms with E-state index in [4.69, 9.17) is 28.4 Å². The zero-order valence-electron chi connectivity index (χ0n) is 20.5. The number of rotatable bonds is 8. The van der Waals surface area contributed by atoms with E-state index in [1.807, 2.05) is 13.8 Å². The first-order valence-corrected chi connectivity index (χ1v) is 11.0. The molecule has 0 N–H and O–H groups in total. The molecule has 0 bridgehead atoms. The van der Waals surface area contributed by atoms with E-state index in [2.05, 4.69) is 0 Å². The molecule has 0 saturated carbocycles. The van der Waals surface area contributed by atoms with Crippen LogP contribution in [0.5, 0.6) is 5.75 Å². The van der Waals surface area contributed by atoms with Crippen molar-refractivity contribution in [3.63, 3.8) is 0 Å². The lowest BCUT2D eigenvalue weighted by Crippen LogP contribution is -2.63. The van der Waals surface area contributed by atoms with E-state index in [9.17, 15) is 24.0 Å². The van der Waals surface area contributed by atoms with Crippen LogP contribution in [0.25, 0.3) is 0 Å². The number of esters is 4. The van der Waals surface area contributed by atoms with Crippen molar-refractivity contribution in [2.45, 2.75) is 78.2 Å². The van der Waals surface area contributed by atoms with Gasteiger partial charge in [0.1, 0.15) is 12.7 Å². The second-order valence-electron chi connectivity index (χ2n) is 8.24. The molecule has 1 aliphatic heterocycles. The number of carbonyl (C=O) groups is 4. The second-order valence-corrected chi connectivity index (χ2v) is 8.24. The van der Waals surface area contributed by atoms with E-state index >= 15 is 0 Å². The Morgan fingerprint density at radius 2 is 1.43 bits per heavy atom. The summed E-state index contributed by atoms with van der Waals surface area (Å²) in [6, 6.07) is 6.21. The highest BCUT2D eigenvalue weighted by Gasteiger charge is 2.53. The van der Waals surface area contributed by atoms with Gasteiger partial charge in [-0.3, -0.25) is 24.0 Å². The van der Waals surface area contributed by atoms with Crippen molar-refractivity contribution in [3.8, 4) is 5.75 Å². The summed E-state index contributed by atoms with van der Waals surface area (Å²) >= 11 is 0. The molecule has 1 saturated heterocycles. The van der Waals surface area contributed by atoms with Crippen molar-refractivity contribution in [3.05, 3.63) is 40.1 Å². The second kappa shape index (κ2) is 12.3. The molecule has 1 aromatic carbocycles. The van der Waals surface area contributed by atoms with E-state index in [-0.39, 0.29) is 11.7 Å². The Bertz CT molecular complexity index is 1000. The highest BCUT2D eigenvalue weighted by atomic mass is 16.7. The van der Waals surface area contributed by atoms with Crippen molar-refractivity contribution in [2.75, 3.05) is 6.61 Å². The topological polar surface area (TPSA) is 141 Å². The summed E-state index contributed by atoms with van der Waals surface area (Å²) in [5.41, 5.74) is 0.304. The smallest absolute Gasteiger partial charge is 0.303 e. The monoisotopic (exact) mass is 494 g/mol. The molecule has 2 unspecified atom stereocenters. The molecule has 0 amide bonds. The first-order valence-electron chi connectivity index (χ1n) is 11.0. The summed E-state index contributed by atoms with van der Waals surface area (Å²) in [4.78, 5) is 59.8. The molecule has 5 atom stereocenters. The maximum absolute atomic E-state index is 12.8. The predicted octanol–water partition coefficient (Wildman–Crippen LogP) is 1.63. The van der Waals surface area contributed by atoms with Crippen molar-refractivity contribution in [2.24, 2.45) is 0 Å². The van der Waals surface area contributed by atoms with Crippen LogP contribution in [-0.2, 0) is 42.9 Å². The van der Waals surface area contributed by atoms with E-state index < -0.39 is 66.6 Å². The fourth-order valence-electron chi connectivity index (χ4n) is 3.46. The first kappa shape index (κ1) is 27.8. The van der Waals surface area contributed by atoms with Gasteiger partial charge in [-0.25, -0.2) is 0 Å². The van der Waals surface area contributed by atoms with Crippen LogP contribution in [0, 0.1) is 0 Å². The Kier molecular flexibility index (Phi) is 9.76. The Morgan fingerprint density at radius 1 is 0.857 bits per heavy atom. The summed E-state index contributed by atoms with van der Waals surface area (Å²) in [6.45, 7) is 7.97. The highest BCUT2D eigenvalue weighted by molar-refractivity contribution is 5.68. The minimum absolute atomic E-state index is 0.0774. The highest BCUT2D eigenvalue weighted by Crippen LogP contribution is 2.30. The van der Waals surface area contributed by atoms with Gasteiger partial charge in [0, 0.05) is 27.7 Å². The molecule has 0 aromatic heterocycles. The van der Waals surface area contributed by atoms with Gasteiger partial charge >= 0.3 is 23.9 Å². The SMILES string of the molecule is CC(=O)OC[C@@H]1OC(Oc2cccc(C(C)C)cc2=O)C(OC(C)=O)[C@H](OC(C)=O)[C@H]1OC(C)=O. The third-order valence-electron chi connectivity index (χ3n) is 4.93. The standard InChI is InChI=1S/C24H30O11/c1-12(2)17-8-7-9-19(18(29)10-17)34-24-23(33-16(6)28)22(32-15(5)27)21(31-14(4)26)20(35-24)11-30-13(3)25/h7-10,12,20-24H,11H2,1-6H3/t20-,21-,22+,23?,24?/m0/s1. The van der Waals surface area contributed by atoms with Gasteiger partial charge in [-0.05, 0) is 23.6 Å². The van der Waals surface area contributed by atoms with Gasteiger partial charge in [0.25, 0.3) is 0 Å². The lowest BCUT2D eigenvalue weighted by atomic mass is 9.98. The van der Waals surface area contributed by atoms with Gasteiger partial charge in [0.15, 0.2) is 18.0 Å². The molecule has 1 aromatic rings. The molecule has 0 radical (unpaired) electrons. The minimum atomic E-state index is -1.48. The van der Waals surface area contributed by atoms with Crippen LogP contribution >= 0.6 is 0 Å². The van der Waals surface area contributed by atoms with Gasteiger partial charge in [-0.1, -0.05) is 26.0 Å². The fraction of sp³-hybridized carbons (Fsp3) is 0.542. The predicted molar refractivity (Wildman–Crippen MR) is 119 cm³/mol. The van der Waals surface area contributed by atoms with Crippen LogP contribution in [0.4, 0.5) is 0 Å². The Labute approximate surface area is 202 Å². The largest absolute Gasteiger partial charge is 0.463 e. The number of hydrogen-bond acceptors (Lipinski definition) is 11. The molecule has 0 spiro atoms. The molecular weight excluding hydrogens is 464 g/mol. The van der Waals surface area contributed by atoms with Gasteiger partial charge in [-0.15, -0.1) is 0 Å². The number of ether oxygens (including phenoxy) is 6. The van der Waals surface area contributed by atoms with Crippen LogP contribution in [-0.4, -0.2) is 61.2 Å². The van der Waals surface area contributed by atoms with Crippen molar-refractivity contribution >= 4 is 23.9 Å². The van der Waals surface area contributed by atoms with Crippen molar-refractivity contribution in [1.82, 2.24) is 0 Å². The zero-order valence-corrected chi connectivity index (χ0v) is 20.5. The summed E-state index contributed by atoms with van der Waals surface area (Å²) in [6.07, 6.45) is -6.79. The van der Waals surface area contributed by atoms with Gasteiger partial charge in [-0.2, -0.15) is 0 Å². The summed E-state index contributed by atoms with van der Waals surface area (Å²) in [5.74, 6) is -2.98. The Balaban J connectivity index is 2.54. The average molecular weight is 494 g/mol. The van der Waals surface area contributed by atoms with Crippen LogP contribution in [0.15, 0.2) is 29.1 Å². The summed E-state index contributed by atoms with van der Waals surface area (Å²) < 4.78 is 32.7. The first-order chi connectivity index (χ1) is 16.4. The Hall–Kier alpha value is -3.47. The molecular formula is C24H30O11. The van der Waals surface area contributed by atoms with E-state index in [0.29, 0.717) is 0 Å². The lowest BCUT2D eigenvalue weighted by molar-refractivity contribution is -0.288. The number of hydrogen-bond donors (Lipinski definition) is 0. The maximum Gasteiger partial charge on any atom is 0.303 e. The molecule has 2 rings (SSSR count). The molecule has 11 nitrogen and oxygen atoms in total. The molecule has 1 heterocycles. The summed E-state index contributed by atoms with van der Waals surface area (Å²) in [7, 11) is 0.